The van der Waals surface area contributed by atoms with Gasteiger partial charge in [-0.25, -0.2) is 0 Å². The Morgan fingerprint density at radius 1 is 1.05 bits per heavy atom. The number of anilines is 1. The Morgan fingerprint density at radius 2 is 1.79 bits per heavy atom. The van der Waals surface area contributed by atoms with Gasteiger partial charge in [-0.15, -0.1) is 0 Å². The van der Waals surface area contributed by atoms with Crippen LogP contribution in [0.25, 0.3) is 0 Å². The van der Waals surface area contributed by atoms with E-state index in [4.69, 9.17) is 40.5 Å². The molecule has 2 aromatic carbocycles. The maximum absolute atomic E-state index is 12.3. The van der Waals surface area contributed by atoms with E-state index in [9.17, 15) is 4.21 Å². The van der Waals surface area contributed by atoms with Crippen molar-refractivity contribution < 1.29 is 4.21 Å². The molecule has 0 bridgehead atoms. The van der Waals surface area contributed by atoms with E-state index in [1.807, 2.05) is 0 Å². The van der Waals surface area contributed by atoms with E-state index < -0.39 is 10.8 Å². The van der Waals surface area contributed by atoms with Crippen molar-refractivity contribution in [3.63, 3.8) is 0 Å². The molecule has 2 rings (SSSR count). The smallest absolute Gasteiger partial charge is 0.0806 e. The fourth-order valence-electron chi connectivity index (χ4n) is 1.62. The Labute approximate surface area is 128 Å². The van der Waals surface area contributed by atoms with E-state index in [-0.39, 0.29) is 5.75 Å². The Kier molecular flexibility index (Phi) is 4.74. The van der Waals surface area contributed by atoms with Gasteiger partial charge in [-0.3, -0.25) is 4.21 Å². The minimum atomic E-state index is -1.36. The third-order valence-corrected chi connectivity index (χ3v) is 5.02. The SMILES string of the molecule is Nc1cccc(Cl)c1S(=O)Cc1ccc(Cl)cc1Cl. The molecular formula is C13H10Cl3NOS. The first-order valence-corrected chi connectivity index (χ1v) is 7.80. The average Bonchev–Trinajstić information content (AvgIpc) is 2.32. The molecule has 6 heteroatoms. The van der Waals surface area contributed by atoms with Crippen molar-refractivity contribution in [3.8, 4) is 0 Å². The first-order chi connectivity index (χ1) is 8.99. The lowest BCUT2D eigenvalue weighted by molar-refractivity contribution is 0.683. The van der Waals surface area contributed by atoms with Gasteiger partial charge in [-0.1, -0.05) is 46.9 Å². The van der Waals surface area contributed by atoms with Crippen LogP contribution in [0.2, 0.25) is 15.1 Å². The summed E-state index contributed by atoms with van der Waals surface area (Å²) in [6.45, 7) is 0. The number of hydrogen-bond acceptors (Lipinski definition) is 2. The van der Waals surface area contributed by atoms with Crippen LogP contribution in [0.4, 0.5) is 5.69 Å². The molecule has 0 aromatic heterocycles. The highest BCUT2D eigenvalue weighted by Crippen LogP contribution is 2.29. The predicted molar refractivity (Wildman–Crippen MR) is 82.4 cm³/mol. The van der Waals surface area contributed by atoms with Crippen LogP contribution in [-0.2, 0) is 16.6 Å². The highest BCUT2D eigenvalue weighted by Gasteiger charge is 2.14. The van der Waals surface area contributed by atoms with Crippen LogP contribution in [-0.4, -0.2) is 4.21 Å². The minimum Gasteiger partial charge on any atom is -0.398 e. The van der Waals surface area contributed by atoms with Crippen molar-refractivity contribution in [1.82, 2.24) is 0 Å². The van der Waals surface area contributed by atoms with Gasteiger partial charge in [-0.05, 0) is 29.8 Å². The highest BCUT2D eigenvalue weighted by atomic mass is 35.5. The minimum absolute atomic E-state index is 0.240. The van der Waals surface area contributed by atoms with Crippen LogP contribution in [0.15, 0.2) is 41.3 Å². The van der Waals surface area contributed by atoms with Crippen molar-refractivity contribution in [2.24, 2.45) is 0 Å². The summed E-state index contributed by atoms with van der Waals surface area (Å²) in [7, 11) is -1.36. The van der Waals surface area contributed by atoms with Gasteiger partial charge in [0, 0.05) is 15.7 Å². The van der Waals surface area contributed by atoms with Crippen molar-refractivity contribution in [1.29, 1.82) is 0 Å². The van der Waals surface area contributed by atoms with E-state index in [0.717, 1.165) is 5.56 Å². The molecule has 0 aliphatic rings. The van der Waals surface area contributed by atoms with Gasteiger partial charge >= 0.3 is 0 Å². The van der Waals surface area contributed by atoms with Crippen LogP contribution in [0.3, 0.4) is 0 Å². The molecule has 0 heterocycles. The normalized spacial score (nSPS) is 12.4. The molecule has 0 radical (unpaired) electrons. The van der Waals surface area contributed by atoms with Gasteiger partial charge < -0.3 is 5.73 Å². The summed E-state index contributed by atoms with van der Waals surface area (Å²) in [6.07, 6.45) is 0. The molecule has 2 nitrogen and oxygen atoms in total. The van der Waals surface area contributed by atoms with Crippen molar-refractivity contribution in [2.75, 3.05) is 5.73 Å². The monoisotopic (exact) mass is 333 g/mol. The summed E-state index contributed by atoms with van der Waals surface area (Å²) >= 11 is 17.9. The molecule has 1 unspecified atom stereocenters. The van der Waals surface area contributed by atoms with Crippen LogP contribution in [0.1, 0.15) is 5.56 Å². The van der Waals surface area contributed by atoms with Crippen LogP contribution >= 0.6 is 34.8 Å². The summed E-state index contributed by atoms with van der Waals surface area (Å²) in [5.74, 6) is 0.240. The molecular weight excluding hydrogens is 325 g/mol. The number of nitrogen functional groups attached to an aromatic ring is 1. The Morgan fingerprint density at radius 3 is 2.42 bits per heavy atom. The lowest BCUT2D eigenvalue weighted by atomic mass is 10.2. The highest BCUT2D eigenvalue weighted by molar-refractivity contribution is 7.84. The zero-order valence-corrected chi connectivity index (χ0v) is 12.8. The fraction of sp³-hybridized carbons (Fsp3) is 0.0769. The van der Waals surface area contributed by atoms with E-state index in [2.05, 4.69) is 0 Å². The second kappa shape index (κ2) is 6.14. The number of hydrogen-bond donors (Lipinski definition) is 1. The summed E-state index contributed by atoms with van der Waals surface area (Å²) < 4.78 is 12.3. The largest absolute Gasteiger partial charge is 0.398 e. The lowest BCUT2D eigenvalue weighted by Gasteiger charge is -2.09. The molecule has 2 N–H and O–H groups in total. The molecule has 2 aromatic rings. The molecule has 0 spiro atoms. The maximum Gasteiger partial charge on any atom is 0.0806 e. The third kappa shape index (κ3) is 3.42. The summed E-state index contributed by atoms with van der Waals surface area (Å²) in [6, 6.07) is 10.1. The quantitative estimate of drug-likeness (QED) is 0.838. The first-order valence-electron chi connectivity index (χ1n) is 5.35. The number of benzene rings is 2. The van der Waals surface area contributed by atoms with Gasteiger partial charge in [0.05, 0.1) is 26.5 Å². The standard InChI is InChI=1S/C13H10Cl3NOS/c14-9-5-4-8(11(16)6-9)7-19(18)13-10(15)2-1-3-12(13)17/h1-6H,7,17H2. The van der Waals surface area contributed by atoms with E-state index in [1.165, 1.54) is 0 Å². The molecule has 100 valence electrons. The third-order valence-electron chi connectivity index (χ3n) is 2.53. The van der Waals surface area contributed by atoms with Crippen LogP contribution in [0.5, 0.6) is 0 Å². The number of nitrogens with two attached hydrogens (primary N) is 1. The molecule has 0 amide bonds. The zero-order valence-electron chi connectivity index (χ0n) is 9.70. The van der Waals surface area contributed by atoms with Crippen molar-refractivity contribution in [3.05, 3.63) is 57.0 Å². The Bertz CT molecular complexity index is 626. The number of halogens is 3. The second-order valence-corrected chi connectivity index (χ2v) is 6.52. The Hall–Kier alpha value is -0.740. The molecule has 0 aliphatic heterocycles. The van der Waals surface area contributed by atoms with Crippen molar-refractivity contribution in [2.45, 2.75) is 10.6 Å². The summed E-state index contributed by atoms with van der Waals surface area (Å²) in [5.41, 5.74) is 6.96. The molecule has 1 atom stereocenters. The zero-order chi connectivity index (χ0) is 14.0. The van der Waals surface area contributed by atoms with Gasteiger partial charge in [-0.2, -0.15) is 0 Å². The second-order valence-electron chi connectivity index (χ2n) is 3.88. The predicted octanol–water partition coefficient (Wildman–Crippen LogP) is 4.54. The van der Waals surface area contributed by atoms with E-state index in [0.29, 0.717) is 25.7 Å². The topological polar surface area (TPSA) is 43.1 Å². The lowest BCUT2D eigenvalue weighted by Crippen LogP contribution is -2.02. The van der Waals surface area contributed by atoms with E-state index >= 15 is 0 Å². The summed E-state index contributed by atoms with van der Waals surface area (Å²) in [5, 5.41) is 1.41. The maximum atomic E-state index is 12.3. The van der Waals surface area contributed by atoms with Gasteiger partial charge in [0.15, 0.2) is 0 Å². The number of rotatable bonds is 3. The van der Waals surface area contributed by atoms with E-state index in [1.54, 1.807) is 36.4 Å². The van der Waals surface area contributed by atoms with Gasteiger partial charge in [0.2, 0.25) is 0 Å². The molecule has 0 fully saturated rings. The molecule has 0 saturated heterocycles. The first kappa shape index (κ1) is 14.7. The summed E-state index contributed by atoms with van der Waals surface area (Å²) in [4.78, 5) is 0.440. The van der Waals surface area contributed by atoms with Crippen molar-refractivity contribution >= 4 is 51.3 Å². The molecule has 0 aliphatic carbocycles. The van der Waals surface area contributed by atoms with Crippen LogP contribution in [0, 0.1) is 0 Å². The van der Waals surface area contributed by atoms with Gasteiger partial charge in [0.25, 0.3) is 0 Å². The molecule has 19 heavy (non-hydrogen) atoms. The Balaban J connectivity index is 2.31. The van der Waals surface area contributed by atoms with Crippen LogP contribution < -0.4 is 5.73 Å². The fourth-order valence-corrected chi connectivity index (χ4v) is 3.91. The molecule has 0 saturated carbocycles. The van der Waals surface area contributed by atoms with Gasteiger partial charge in [0.1, 0.15) is 0 Å². The average molecular weight is 335 g/mol.